The number of oxazole rings is 1. The van der Waals surface area contributed by atoms with Crippen LogP contribution in [0.5, 0.6) is 0 Å². The van der Waals surface area contributed by atoms with E-state index in [0.717, 1.165) is 23.6 Å². The van der Waals surface area contributed by atoms with Crippen LogP contribution in [0.2, 0.25) is 0 Å². The van der Waals surface area contributed by atoms with Crippen LogP contribution < -0.4 is 5.32 Å². The molecule has 0 aliphatic carbocycles. The highest BCUT2D eigenvalue weighted by Gasteiger charge is 2.14. The van der Waals surface area contributed by atoms with Gasteiger partial charge in [-0.25, -0.2) is 4.98 Å². The Morgan fingerprint density at radius 3 is 3.15 bits per heavy atom. The van der Waals surface area contributed by atoms with Gasteiger partial charge < -0.3 is 14.5 Å². The van der Waals surface area contributed by atoms with Crippen LogP contribution in [0.25, 0.3) is 21.4 Å². The number of hydrogen-bond donors (Lipinski definition) is 1. The van der Waals surface area contributed by atoms with E-state index in [2.05, 4.69) is 33.9 Å². The quantitative estimate of drug-likeness (QED) is 0.707. The second-order valence-electron chi connectivity index (χ2n) is 4.44. The molecule has 3 aromatic rings. The van der Waals surface area contributed by atoms with Crippen molar-refractivity contribution in [1.82, 2.24) is 10.3 Å². The summed E-state index contributed by atoms with van der Waals surface area (Å²) in [5, 5.41) is 6.64. The first-order chi connectivity index (χ1) is 9.90. The number of nitrogens with zero attached hydrogens (tertiary/aromatic N) is 1. The van der Waals surface area contributed by atoms with Crippen molar-refractivity contribution in [3.05, 3.63) is 41.7 Å². The summed E-state index contributed by atoms with van der Waals surface area (Å²) in [6, 6.07) is 8.34. The minimum atomic E-state index is 0.680. The molecule has 4 nitrogen and oxygen atoms in total. The third-order valence-corrected chi connectivity index (χ3v) is 4.11. The van der Waals surface area contributed by atoms with Crippen LogP contribution in [0.4, 0.5) is 0 Å². The smallest absolute Gasteiger partial charge is 0.181 e. The molecule has 0 bridgehead atoms. The monoisotopic (exact) mass is 288 g/mol. The van der Waals surface area contributed by atoms with Crippen molar-refractivity contribution in [1.29, 1.82) is 0 Å². The van der Waals surface area contributed by atoms with Crippen molar-refractivity contribution in [2.24, 2.45) is 0 Å². The Morgan fingerprint density at radius 1 is 1.35 bits per heavy atom. The zero-order valence-corrected chi connectivity index (χ0v) is 12.1. The minimum Gasteiger partial charge on any atom is -0.443 e. The van der Waals surface area contributed by atoms with Gasteiger partial charge in [-0.05, 0) is 6.07 Å². The van der Waals surface area contributed by atoms with Gasteiger partial charge >= 0.3 is 0 Å². The molecule has 2 aromatic heterocycles. The van der Waals surface area contributed by atoms with Gasteiger partial charge in [-0.3, -0.25) is 0 Å². The number of methoxy groups -OCH3 is 1. The molecule has 2 heterocycles. The fraction of sp³-hybridized carbons (Fsp3) is 0.267. The number of benzene rings is 1. The average Bonchev–Trinajstić information content (AvgIpc) is 3.09. The molecule has 0 unspecified atom stereocenters. The minimum absolute atomic E-state index is 0.680. The van der Waals surface area contributed by atoms with E-state index in [1.54, 1.807) is 18.4 Å². The van der Waals surface area contributed by atoms with E-state index in [-0.39, 0.29) is 0 Å². The highest BCUT2D eigenvalue weighted by atomic mass is 32.1. The number of ether oxygens (including phenoxy) is 1. The molecule has 0 aliphatic heterocycles. The van der Waals surface area contributed by atoms with Crippen molar-refractivity contribution < 1.29 is 9.15 Å². The summed E-state index contributed by atoms with van der Waals surface area (Å²) in [6.45, 7) is 2.17. The first-order valence-corrected chi connectivity index (χ1v) is 7.36. The summed E-state index contributed by atoms with van der Waals surface area (Å²) in [7, 11) is 1.70. The molecular formula is C15H16N2O2S. The van der Waals surface area contributed by atoms with Crippen LogP contribution >= 0.6 is 11.3 Å². The average molecular weight is 288 g/mol. The van der Waals surface area contributed by atoms with Crippen LogP contribution in [-0.4, -0.2) is 25.2 Å². The molecule has 0 fully saturated rings. The van der Waals surface area contributed by atoms with E-state index in [1.807, 2.05) is 6.07 Å². The second kappa shape index (κ2) is 6.17. The molecule has 0 saturated carbocycles. The number of hydrogen-bond acceptors (Lipinski definition) is 5. The van der Waals surface area contributed by atoms with Crippen molar-refractivity contribution in [3.8, 4) is 11.3 Å². The van der Waals surface area contributed by atoms with Crippen LogP contribution in [0, 0.1) is 0 Å². The number of fused-ring (bicyclic) bond motifs is 1. The molecule has 0 spiro atoms. The van der Waals surface area contributed by atoms with E-state index in [4.69, 9.17) is 9.15 Å². The lowest BCUT2D eigenvalue weighted by Crippen LogP contribution is -2.19. The maximum Gasteiger partial charge on any atom is 0.181 e. The Hall–Kier alpha value is -1.69. The zero-order valence-electron chi connectivity index (χ0n) is 11.3. The number of rotatable bonds is 6. The topological polar surface area (TPSA) is 47.3 Å². The standard InChI is InChI=1S/C15H16N2O2S/c1-18-7-6-16-8-13-15(19-10-17-13)12-9-20-14-5-3-2-4-11(12)14/h2-5,9-10,16H,6-8H2,1H3. The van der Waals surface area contributed by atoms with Crippen LogP contribution in [0.1, 0.15) is 5.69 Å². The highest BCUT2D eigenvalue weighted by Crippen LogP contribution is 2.35. The normalized spacial score (nSPS) is 11.2. The third-order valence-electron chi connectivity index (χ3n) is 3.14. The van der Waals surface area contributed by atoms with E-state index in [1.165, 1.54) is 16.5 Å². The molecular weight excluding hydrogens is 272 g/mol. The summed E-state index contributed by atoms with van der Waals surface area (Å²) in [5.74, 6) is 0.854. The predicted octanol–water partition coefficient (Wildman–Crippen LogP) is 3.29. The third kappa shape index (κ3) is 2.60. The summed E-state index contributed by atoms with van der Waals surface area (Å²) in [4.78, 5) is 4.31. The highest BCUT2D eigenvalue weighted by molar-refractivity contribution is 7.17. The number of thiophene rings is 1. The molecule has 104 valence electrons. The maximum absolute atomic E-state index is 5.60. The van der Waals surface area contributed by atoms with Gasteiger partial charge in [0.15, 0.2) is 12.2 Å². The van der Waals surface area contributed by atoms with Crippen LogP contribution in [0.3, 0.4) is 0 Å². The zero-order chi connectivity index (χ0) is 13.8. The molecule has 0 saturated heterocycles. The van der Waals surface area contributed by atoms with Gasteiger partial charge in [-0.2, -0.15) is 0 Å². The molecule has 0 aliphatic rings. The largest absolute Gasteiger partial charge is 0.443 e. The molecule has 5 heteroatoms. The first kappa shape index (κ1) is 13.3. The molecule has 1 aromatic carbocycles. The van der Waals surface area contributed by atoms with Gasteiger partial charge in [0, 0.05) is 41.2 Å². The maximum atomic E-state index is 5.60. The Morgan fingerprint density at radius 2 is 2.25 bits per heavy atom. The fourth-order valence-corrected chi connectivity index (χ4v) is 3.09. The van der Waals surface area contributed by atoms with Crippen LogP contribution in [0.15, 0.2) is 40.5 Å². The van der Waals surface area contributed by atoms with E-state index >= 15 is 0 Å². The Bertz CT molecular complexity index is 690. The summed E-state index contributed by atoms with van der Waals surface area (Å²) >= 11 is 1.72. The lowest BCUT2D eigenvalue weighted by molar-refractivity contribution is 0.199. The second-order valence-corrected chi connectivity index (χ2v) is 5.35. The lowest BCUT2D eigenvalue weighted by Gasteiger charge is -2.03. The van der Waals surface area contributed by atoms with E-state index in [0.29, 0.717) is 13.2 Å². The van der Waals surface area contributed by atoms with Gasteiger partial charge in [0.1, 0.15) is 5.69 Å². The van der Waals surface area contributed by atoms with Crippen LogP contribution in [-0.2, 0) is 11.3 Å². The van der Waals surface area contributed by atoms with Gasteiger partial charge in [0.25, 0.3) is 0 Å². The van der Waals surface area contributed by atoms with Crippen molar-refractivity contribution in [3.63, 3.8) is 0 Å². The summed E-state index contributed by atoms with van der Waals surface area (Å²) in [6.07, 6.45) is 1.51. The number of aromatic nitrogens is 1. The Labute approximate surface area is 121 Å². The SMILES string of the molecule is COCCNCc1ncoc1-c1csc2ccccc12. The fourth-order valence-electron chi connectivity index (χ4n) is 2.15. The molecule has 20 heavy (non-hydrogen) atoms. The molecule has 0 amide bonds. The van der Waals surface area contributed by atoms with Crippen molar-refractivity contribution >= 4 is 21.4 Å². The summed E-state index contributed by atoms with van der Waals surface area (Å²) in [5.41, 5.74) is 2.05. The van der Waals surface area contributed by atoms with Gasteiger partial charge in [0.2, 0.25) is 0 Å². The van der Waals surface area contributed by atoms with Crippen molar-refractivity contribution in [2.45, 2.75) is 6.54 Å². The van der Waals surface area contributed by atoms with E-state index < -0.39 is 0 Å². The van der Waals surface area contributed by atoms with Gasteiger partial charge in [-0.15, -0.1) is 11.3 Å². The predicted molar refractivity (Wildman–Crippen MR) is 80.9 cm³/mol. The molecule has 1 N–H and O–H groups in total. The molecule has 3 rings (SSSR count). The Kier molecular flexibility index (Phi) is 4.11. The molecule has 0 radical (unpaired) electrons. The number of nitrogens with one attached hydrogen (secondary N) is 1. The van der Waals surface area contributed by atoms with Gasteiger partial charge in [-0.1, -0.05) is 18.2 Å². The Balaban J connectivity index is 1.85. The molecule has 0 atom stereocenters. The summed E-state index contributed by atoms with van der Waals surface area (Å²) < 4.78 is 11.9. The van der Waals surface area contributed by atoms with Gasteiger partial charge in [0.05, 0.1) is 6.61 Å². The first-order valence-electron chi connectivity index (χ1n) is 6.49. The van der Waals surface area contributed by atoms with E-state index in [9.17, 15) is 0 Å². The van der Waals surface area contributed by atoms with Crippen molar-refractivity contribution in [2.75, 3.05) is 20.3 Å². The lowest BCUT2D eigenvalue weighted by atomic mass is 10.1.